The third-order valence-electron chi connectivity index (χ3n) is 3.72. The van der Waals surface area contributed by atoms with Crippen LogP contribution in [0.25, 0.3) is 0 Å². The molecule has 1 aromatic carbocycles. The summed E-state index contributed by atoms with van der Waals surface area (Å²) in [5.74, 6) is 1.76. The fraction of sp³-hybridized carbons (Fsp3) is 0.647. The average Bonchev–Trinajstić information content (AvgIpc) is 2.52. The maximum atomic E-state index is 5.68. The number of ether oxygens (including phenoxy) is 2. The van der Waals surface area contributed by atoms with Crippen molar-refractivity contribution in [2.24, 2.45) is 0 Å². The normalized spacial score (nSPS) is 16.5. The third kappa shape index (κ3) is 4.55. The molecule has 1 aromatic rings. The van der Waals surface area contributed by atoms with Gasteiger partial charge in [-0.25, -0.2) is 0 Å². The van der Waals surface area contributed by atoms with Crippen LogP contribution in [0.1, 0.15) is 40.0 Å². The van der Waals surface area contributed by atoms with Crippen molar-refractivity contribution in [1.29, 1.82) is 0 Å². The minimum Gasteiger partial charge on any atom is -0.486 e. The predicted molar refractivity (Wildman–Crippen MR) is 89.7 cm³/mol. The molecule has 4 heteroatoms. The summed E-state index contributed by atoms with van der Waals surface area (Å²) in [4.78, 5) is 1.27. The van der Waals surface area contributed by atoms with Crippen molar-refractivity contribution >= 4 is 11.8 Å². The fourth-order valence-electron chi connectivity index (χ4n) is 2.71. The summed E-state index contributed by atoms with van der Waals surface area (Å²) in [7, 11) is 0. The Hall–Kier alpha value is -0.870. The van der Waals surface area contributed by atoms with E-state index < -0.39 is 0 Å². The molecule has 0 saturated carbocycles. The number of nitrogens with one attached hydrogen (secondary N) is 1. The molecular weight excluding hydrogens is 282 g/mol. The molecule has 0 radical (unpaired) electrons. The van der Waals surface area contributed by atoms with Crippen LogP contribution in [0, 0.1) is 0 Å². The van der Waals surface area contributed by atoms with E-state index >= 15 is 0 Å². The second-order valence-electron chi connectivity index (χ2n) is 5.32. The maximum absolute atomic E-state index is 5.68. The van der Waals surface area contributed by atoms with Gasteiger partial charge in [0.1, 0.15) is 13.2 Å². The van der Waals surface area contributed by atoms with Gasteiger partial charge in [0, 0.05) is 16.2 Å². The quantitative estimate of drug-likeness (QED) is 0.732. The van der Waals surface area contributed by atoms with Gasteiger partial charge in [-0.15, -0.1) is 11.8 Å². The fourth-order valence-corrected chi connectivity index (χ4v) is 3.95. The van der Waals surface area contributed by atoms with Crippen LogP contribution < -0.4 is 14.8 Å². The molecule has 0 fully saturated rings. The van der Waals surface area contributed by atoms with E-state index in [1.54, 1.807) is 0 Å². The summed E-state index contributed by atoms with van der Waals surface area (Å²) in [6.07, 6.45) is 3.61. The van der Waals surface area contributed by atoms with Crippen molar-refractivity contribution in [2.75, 3.05) is 19.8 Å². The van der Waals surface area contributed by atoms with E-state index in [1.807, 2.05) is 17.8 Å². The molecule has 0 amide bonds. The van der Waals surface area contributed by atoms with Gasteiger partial charge >= 0.3 is 0 Å². The van der Waals surface area contributed by atoms with Crippen molar-refractivity contribution in [3.63, 3.8) is 0 Å². The standard InChI is InChI=1S/C17H27NO2S/c1-4-7-14(18-6-3)17(5-2)21-13-8-9-15-16(12-13)20-11-10-19-15/h8-9,12,14,17-18H,4-7,10-11H2,1-3H3. The Morgan fingerprint density at radius 1 is 1.14 bits per heavy atom. The molecule has 0 aromatic heterocycles. The zero-order valence-corrected chi connectivity index (χ0v) is 14.2. The van der Waals surface area contributed by atoms with Crippen LogP contribution in [0.2, 0.25) is 0 Å². The Bertz CT molecular complexity index is 433. The van der Waals surface area contributed by atoms with Crippen LogP contribution in [-0.2, 0) is 0 Å². The van der Waals surface area contributed by atoms with Crippen LogP contribution in [0.5, 0.6) is 11.5 Å². The number of hydrogen-bond acceptors (Lipinski definition) is 4. The zero-order chi connectivity index (χ0) is 15.1. The highest BCUT2D eigenvalue weighted by molar-refractivity contribution is 8.00. The molecule has 0 saturated heterocycles. The van der Waals surface area contributed by atoms with Gasteiger partial charge in [0.15, 0.2) is 11.5 Å². The van der Waals surface area contributed by atoms with E-state index in [-0.39, 0.29) is 0 Å². The summed E-state index contributed by atoms with van der Waals surface area (Å²) in [5, 5.41) is 4.23. The number of hydrogen-bond donors (Lipinski definition) is 1. The molecule has 1 heterocycles. The number of fused-ring (bicyclic) bond motifs is 1. The van der Waals surface area contributed by atoms with E-state index in [1.165, 1.54) is 17.7 Å². The van der Waals surface area contributed by atoms with Crippen molar-refractivity contribution in [3.8, 4) is 11.5 Å². The summed E-state index contributed by atoms with van der Waals surface area (Å²) >= 11 is 1.95. The van der Waals surface area contributed by atoms with Gasteiger partial charge in [0.25, 0.3) is 0 Å². The molecule has 0 spiro atoms. The monoisotopic (exact) mass is 309 g/mol. The van der Waals surface area contributed by atoms with Crippen LogP contribution in [-0.4, -0.2) is 31.1 Å². The van der Waals surface area contributed by atoms with E-state index in [0.717, 1.165) is 24.5 Å². The van der Waals surface area contributed by atoms with Gasteiger partial charge in [-0.05, 0) is 37.6 Å². The lowest BCUT2D eigenvalue weighted by atomic mass is 10.1. The Kier molecular flexibility index (Phi) is 6.71. The van der Waals surface area contributed by atoms with Crippen molar-refractivity contribution in [3.05, 3.63) is 18.2 Å². The van der Waals surface area contributed by atoms with Gasteiger partial charge < -0.3 is 14.8 Å². The van der Waals surface area contributed by atoms with E-state index in [2.05, 4.69) is 38.2 Å². The summed E-state index contributed by atoms with van der Waals surface area (Å²) in [6.45, 7) is 9.04. The smallest absolute Gasteiger partial charge is 0.162 e. The summed E-state index contributed by atoms with van der Waals surface area (Å²) in [6, 6.07) is 6.88. The second-order valence-corrected chi connectivity index (χ2v) is 6.64. The molecule has 21 heavy (non-hydrogen) atoms. The Balaban J connectivity index is 2.06. The van der Waals surface area contributed by atoms with Crippen LogP contribution >= 0.6 is 11.8 Å². The lowest BCUT2D eigenvalue weighted by Gasteiger charge is -2.27. The molecular formula is C17H27NO2S. The highest BCUT2D eigenvalue weighted by Gasteiger charge is 2.20. The first-order chi connectivity index (χ1) is 10.3. The Labute approximate surface area is 132 Å². The van der Waals surface area contributed by atoms with Crippen LogP contribution in [0.15, 0.2) is 23.1 Å². The average molecular weight is 309 g/mol. The molecule has 1 N–H and O–H groups in total. The van der Waals surface area contributed by atoms with E-state index in [0.29, 0.717) is 24.5 Å². The summed E-state index contributed by atoms with van der Waals surface area (Å²) in [5.41, 5.74) is 0. The molecule has 1 aliphatic rings. The highest BCUT2D eigenvalue weighted by atomic mass is 32.2. The lowest BCUT2D eigenvalue weighted by Crippen LogP contribution is -2.37. The van der Waals surface area contributed by atoms with Gasteiger partial charge in [-0.1, -0.05) is 27.2 Å². The third-order valence-corrected chi connectivity index (χ3v) is 5.21. The number of rotatable bonds is 8. The van der Waals surface area contributed by atoms with Crippen LogP contribution in [0.4, 0.5) is 0 Å². The molecule has 118 valence electrons. The lowest BCUT2D eigenvalue weighted by molar-refractivity contribution is 0.171. The second kappa shape index (κ2) is 8.54. The van der Waals surface area contributed by atoms with Crippen molar-refractivity contribution < 1.29 is 9.47 Å². The number of thioether (sulfide) groups is 1. The molecule has 0 bridgehead atoms. The van der Waals surface area contributed by atoms with Crippen molar-refractivity contribution in [1.82, 2.24) is 5.32 Å². The zero-order valence-electron chi connectivity index (χ0n) is 13.4. The molecule has 1 aliphatic heterocycles. The first-order valence-electron chi connectivity index (χ1n) is 8.08. The molecule has 2 atom stereocenters. The van der Waals surface area contributed by atoms with Gasteiger partial charge in [-0.3, -0.25) is 0 Å². The molecule has 0 aliphatic carbocycles. The first kappa shape index (κ1) is 16.5. The Morgan fingerprint density at radius 2 is 1.90 bits per heavy atom. The molecule has 3 nitrogen and oxygen atoms in total. The van der Waals surface area contributed by atoms with Gasteiger partial charge in [0.05, 0.1) is 0 Å². The minimum atomic E-state index is 0.572. The Morgan fingerprint density at radius 3 is 2.57 bits per heavy atom. The van der Waals surface area contributed by atoms with Gasteiger partial charge in [-0.2, -0.15) is 0 Å². The SMILES string of the molecule is CCCC(NCC)C(CC)Sc1ccc2c(c1)OCCO2. The topological polar surface area (TPSA) is 30.5 Å². The number of benzene rings is 1. The maximum Gasteiger partial charge on any atom is 0.162 e. The van der Waals surface area contributed by atoms with Crippen LogP contribution in [0.3, 0.4) is 0 Å². The van der Waals surface area contributed by atoms with E-state index in [4.69, 9.17) is 9.47 Å². The summed E-state index contributed by atoms with van der Waals surface area (Å²) < 4.78 is 11.3. The first-order valence-corrected chi connectivity index (χ1v) is 8.96. The predicted octanol–water partition coefficient (Wildman–Crippen LogP) is 4.11. The molecule has 2 rings (SSSR count). The molecule has 2 unspecified atom stereocenters. The highest BCUT2D eigenvalue weighted by Crippen LogP contribution is 2.37. The largest absolute Gasteiger partial charge is 0.486 e. The minimum absolute atomic E-state index is 0.572. The van der Waals surface area contributed by atoms with E-state index in [9.17, 15) is 0 Å². The van der Waals surface area contributed by atoms with Crippen molar-refractivity contribution in [2.45, 2.75) is 56.2 Å². The van der Waals surface area contributed by atoms with Gasteiger partial charge in [0.2, 0.25) is 0 Å².